The zero-order valence-corrected chi connectivity index (χ0v) is 13.6. The highest BCUT2D eigenvalue weighted by Gasteiger charge is 2.39. The summed E-state index contributed by atoms with van der Waals surface area (Å²) in [5.41, 5.74) is -0.110. The molecule has 1 aliphatic carbocycles. The minimum absolute atomic E-state index is 0.0617. The van der Waals surface area contributed by atoms with Crippen LogP contribution in [0.1, 0.15) is 32.3 Å². The minimum atomic E-state index is -3.96. The quantitative estimate of drug-likeness (QED) is 0.869. The molecular weight excluding hydrogens is 317 g/mol. The minimum Gasteiger partial charge on any atom is -0.392 e. The molecule has 0 spiro atoms. The third-order valence-corrected chi connectivity index (χ3v) is 5.47. The maximum Gasteiger partial charge on any atom is 0.246 e. The van der Waals surface area contributed by atoms with E-state index in [2.05, 4.69) is 0 Å². The summed E-state index contributed by atoms with van der Waals surface area (Å²) in [4.78, 5) is -0.452. The van der Waals surface area contributed by atoms with E-state index in [0.29, 0.717) is 6.54 Å². The van der Waals surface area contributed by atoms with E-state index in [9.17, 15) is 12.8 Å². The lowest BCUT2D eigenvalue weighted by Crippen LogP contribution is -2.36. The van der Waals surface area contributed by atoms with Crippen LogP contribution in [0.5, 0.6) is 0 Å². The molecule has 21 heavy (non-hydrogen) atoms. The predicted octanol–water partition coefficient (Wildman–Crippen LogP) is 2.78. The molecule has 118 valence electrons. The first-order chi connectivity index (χ1) is 9.77. The number of hydrogen-bond donors (Lipinski definition) is 1. The molecule has 1 aromatic rings. The zero-order chi connectivity index (χ0) is 15.8. The van der Waals surface area contributed by atoms with E-state index < -0.39 is 27.3 Å². The van der Waals surface area contributed by atoms with Crippen molar-refractivity contribution in [1.29, 1.82) is 0 Å². The van der Waals surface area contributed by atoms with Crippen LogP contribution in [0.25, 0.3) is 0 Å². The van der Waals surface area contributed by atoms with E-state index in [-0.39, 0.29) is 22.5 Å². The van der Waals surface area contributed by atoms with Crippen LogP contribution in [0.4, 0.5) is 4.39 Å². The van der Waals surface area contributed by atoms with Crippen molar-refractivity contribution >= 4 is 21.6 Å². The molecular formula is C14H19ClFNO3S. The molecule has 4 nitrogen and oxygen atoms in total. The largest absolute Gasteiger partial charge is 0.392 e. The first-order valence-electron chi connectivity index (χ1n) is 6.88. The smallest absolute Gasteiger partial charge is 0.246 e. The van der Waals surface area contributed by atoms with Gasteiger partial charge in [-0.3, -0.25) is 0 Å². The van der Waals surface area contributed by atoms with Gasteiger partial charge in [0.1, 0.15) is 10.7 Å². The molecule has 1 N–H and O–H groups in total. The molecule has 0 aromatic heterocycles. The molecule has 0 atom stereocenters. The van der Waals surface area contributed by atoms with E-state index in [1.807, 2.05) is 13.8 Å². The van der Waals surface area contributed by atoms with Crippen LogP contribution in [0.2, 0.25) is 5.02 Å². The van der Waals surface area contributed by atoms with Crippen molar-refractivity contribution in [3.05, 3.63) is 28.5 Å². The van der Waals surface area contributed by atoms with Crippen LogP contribution in [-0.2, 0) is 16.6 Å². The van der Waals surface area contributed by atoms with E-state index in [1.54, 1.807) is 0 Å². The number of aliphatic hydroxyl groups is 1. The van der Waals surface area contributed by atoms with Gasteiger partial charge in [0.15, 0.2) is 0 Å². The fourth-order valence-corrected chi connectivity index (χ4v) is 4.50. The average molecular weight is 336 g/mol. The second kappa shape index (κ2) is 6.20. The summed E-state index contributed by atoms with van der Waals surface area (Å²) in [6.45, 7) is 3.58. The van der Waals surface area contributed by atoms with Crippen LogP contribution < -0.4 is 0 Å². The number of benzene rings is 1. The Labute approximate surface area is 129 Å². The lowest BCUT2D eigenvalue weighted by molar-refractivity contribution is 0.274. The molecule has 0 heterocycles. The fourth-order valence-electron chi connectivity index (χ4n) is 2.21. The maximum absolute atomic E-state index is 14.3. The van der Waals surface area contributed by atoms with Gasteiger partial charge in [-0.2, -0.15) is 4.31 Å². The Morgan fingerprint density at radius 3 is 2.52 bits per heavy atom. The van der Waals surface area contributed by atoms with Gasteiger partial charge in [0.2, 0.25) is 10.0 Å². The molecule has 1 aliphatic rings. The fraction of sp³-hybridized carbons (Fsp3) is 0.571. The van der Waals surface area contributed by atoms with Gasteiger partial charge in [0.05, 0.1) is 6.61 Å². The molecule has 0 unspecified atom stereocenters. The van der Waals surface area contributed by atoms with Gasteiger partial charge in [-0.05, 0) is 30.9 Å². The molecule has 0 radical (unpaired) electrons. The van der Waals surface area contributed by atoms with Crippen LogP contribution in [0, 0.1) is 11.7 Å². The number of nitrogens with zero attached hydrogens (tertiary/aromatic N) is 1. The molecule has 0 amide bonds. The molecule has 0 saturated heterocycles. The second-order valence-corrected chi connectivity index (χ2v) is 8.03. The monoisotopic (exact) mass is 335 g/mol. The number of hydrogen-bond acceptors (Lipinski definition) is 3. The van der Waals surface area contributed by atoms with Crippen LogP contribution >= 0.6 is 11.6 Å². The Morgan fingerprint density at radius 2 is 2.05 bits per heavy atom. The van der Waals surface area contributed by atoms with Crippen molar-refractivity contribution in [2.24, 2.45) is 5.92 Å². The maximum atomic E-state index is 14.3. The summed E-state index contributed by atoms with van der Waals surface area (Å²) in [5.74, 6) is -0.781. The van der Waals surface area contributed by atoms with Gasteiger partial charge < -0.3 is 5.11 Å². The first kappa shape index (κ1) is 16.7. The summed E-state index contributed by atoms with van der Waals surface area (Å²) < 4.78 is 41.1. The zero-order valence-electron chi connectivity index (χ0n) is 12.0. The van der Waals surface area contributed by atoms with Crippen molar-refractivity contribution in [2.75, 3.05) is 6.54 Å². The normalized spacial score (nSPS) is 16.0. The van der Waals surface area contributed by atoms with Gasteiger partial charge in [-0.25, -0.2) is 12.8 Å². The molecule has 0 bridgehead atoms. The van der Waals surface area contributed by atoms with Gasteiger partial charge in [0, 0.05) is 23.2 Å². The van der Waals surface area contributed by atoms with Crippen LogP contribution in [-0.4, -0.2) is 30.4 Å². The predicted molar refractivity (Wildman–Crippen MR) is 79.1 cm³/mol. The van der Waals surface area contributed by atoms with Crippen molar-refractivity contribution in [3.8, 4) is 0 Å². The second-order valence-electron chi connectivity index (χ2n) is 5.73. The Bertz CT molecular complexity index is 629. The summed E-state index contributed by atoms with van der Waals surface area (Å²) in [5, 5.41) is 9.23. The van der Waals surface area contributed by atoms with Gasteiger partial charge in [-0.1, -0.05) is 25.4 Å². The molecule has 1 fully saturated rings. The highest BCUT2D eigenvalue weighted by Crippen LogP contribution is 2.35. The highest BCUT2D eigenvalue weighted by atomic mass is 35.5. The number of rotatable bonds is 6. The Hall–Kier alpha value is -0.690. The van der Waals surface area contributed by atoms with Crippen molar-refractivity contribution in [1.82, 2.24) is 4.31 Å². The molecule has 1 saturated carbocycles. The number of sulfonamides is 1. The third-order valence-electron chi connectivity index (χ3n) is 3.34. The summed E-state index contributed by atoms with van der Waals surface area (Å²) in [7, 11) is -3.96. The standard InChI is InChI=1S/C14H19ClFNO3S/c1-9(2)7-17(12-3-4-12)21(19,20)13-6-11(15)5-10(8-18)14(13)16/h5-6,9,12,18H,3-4,7-8H2,1-2H3. The molecule has 1 aromatic carbocycles. The first-order valence-corrected chi connectivity index (χ1v) is 8.69. The summed E-state index contributed by atoms with van der Waals surface area (Å²) in [6.07, 6.45) is 1.59. The van der Waals surface area contributed by atoms with Crippen LogP contribution in [0.3, 0.4) is 0 Å². The van der Waals surface area contributed by atoms with Gasteiger partial charge in [-0.15, -0.1) is 0 Å². The highest BCUT2D eigenvalue weighted by molar-refractivity contribution is 7.89. The number of aliphatic hydroxyl groups excluding tert-OH is 1. The van der Waals surface area contributed by atoms with E-state index in [4.69, 9.17) is 16.7 Å². The SMILES string of the molecule is CC(C)CN(C1CC1)S(=O)(=O)c1cc(Cl)cc(CO)c1F. The van der Waals surface area contributed by atoms with Crippen LogP contribution in [0.15, 0.2) is 17.0 Å². The van der Waals surface area contributed by atoms with E-state index in [1.165, 1.54) is 10.4 Å². The Morgan fingerprint density at radius 1 is 1.43 bits per heavy atom. The molecule has 7 heteroatoms. The molecule has 0 aliphatic heterocycles. The third kappa shape index (κ3) is 3.56. The van der Waals surface area contributed by atoms with Gasteiger partial charge >= 0.3 is 0 Å². The number of halogens is 2. The average Bonchev–Trinajstić information content (AvgIpc) is 3.22. The lowest BCUT2D eigenvalue weighted by Gasteiger charge is -2.24. The Balaban J connectivity index is 2.49. The topological polar surface area (TPSA) is 57.6 Å². The van der Waals surface area contributed by atoms with Gasteiger partial charge in [0.25, 0.3) is 0 Å². The lowest BCUT2D eigenvalue weighted by atomic mass is 10.2. The molecule has 2 rings (SSSR count). The van der Waals surface area contributed by atoms with Crippen molar-refractivity contribution < 1.29 is 17.9 Å². The Kier molecular flexibility index (Phi) is 4.92. The summed E-state index contributed by atoms with van der Waals surface area (Å²) >= 11 is 5.85. The van der Waals surface area contributed by atoms with E-state index in [0.717, 1.165) is 18.9 Å². The van der Waals surface area contributed by atoms with Crippen molar-refractivity contribution in [3.63, 3.8) is 0 Å². The van der Waals surface area contributed by atoms with E-state index >= 15 is 0 Å². The van der Waals surface area contributed by atoms with Crippen molar-refractivity contribution in [2.45, 2.75) is 44.2 Å². The summed E-state index contributed by atoms with van der Waals surface area (Å²) in [6, 6.07) is 2.29.